The Morgan fingerprint density at radius 1 is 1.24 bits per heavy atom. The molecule has 1 N–H and O–H groups in total. The molecule has 3 aromatic rings. The van der Waals surface area contributed by atoms with Crippen molar-refractivity contribution in [1.82, 2.24) is 25.5 Å². The van der Waals surface area contributed by atoms with Gasteiger partial charge < -0.3 is 14.8 Å². The summed E-state index contributed by atoms with van der Waals surface area (Å²) >= 11 is 0. The highest BCUT2D eigenvalue weighted by molar-refractivity contribution is 5.68. The lowest BCUT2D eigenvalue weighted by Gasteiger charge is -2.21. The number of carbonyl (C=O) groups is 1. The largest absolute Gasteiger partial charge is 0.497 e. The third-order valence-electron chi connectivity index (χ3n) is 4.75. The Bertz CT molecular complexity index is 1000. The molecule has 1 aliphatic heterocycles. The van der Waals surface area contributed by atoms with Gasteiger partial charge in [-0.15, -0.1) is 5.10 Å². The highest BCUT2D eigenvalue weighted by Crippen LogP contribution is 2.40. The van der Waals surface area contributed by atoms with E-state index in [-0.39, 0.29) is 24.5 Å². The number of nitrogens with one attached hydrogen (secondary N) is 1. The van der Waals surface area contributed by atoms with Crippen LogP contribution in [-0.2, 0) is 17.9 Å². The van der Waals surface area contributed by atoms with Gasteiger partial charge in [0.2, 0.25) is 0 Å². The number of benzene rings is 2. The van der Waals surface area contributed by atoms with Gasteiger partial charge in [0, 0.05) is 23.6 Å². The average molecular weight is 401 g/mol. The maximum Gasteiger partial charge on any atom is 0.408 e. The molecule has 2 atom stereocenters. The van der Waals surface area contributed by atoms with Gasteiger partial charge in [-0.05, 0) is 16.0 Å². The highest BCUT2D eigenvalue weighted by Gasteiger charge is 2.41. The molecule has 0 bridgehead atoms. The van der Waals surface area contributed by atoms with Crippen molar-refractivity contribution in [3.05, 3.63) is 71.1 Å². The normalized spacial score (nSPS) is 17.6. The van der Waals surface area contributed by atoms with E-state index >= 15 is 0 Å². The van der Waals surface area contributed by atoms with Gasteiger partial charge in [-0.1, -0.05) is 30.3 Å². The first-order valence-corrected chi connectivity index (χ1v) is 8.83. The molecule has 0 spiro atoms. The molecule has 0 radical (unpaired) electrons. The van der Waals surface area contributed by atoms with Crippen LogP contribution in [0.25, 0.3) is 0 Å². The van der Waals surface area contributed by atoms with Crippen molar-refractivity contribution < 1.29 is 23.0 Å². The number of hydrogen-bond donors (Lipinski definition) is 1. The molecule has 150 valence electrons. The summed E-state index contributed by atoms with van der Waals surface area (Å²) in [7, 11) is 1.32. The van der Waals surface area contributed by atoms with Crippen molar-refractivity contribution in [3.8, 4) is 5.75 Å². The number of rotatable bonds is 5. The summed E-state index contributed by atoms with van der Waals surface area (Å²) in [6.45, 7) is 0.159. The molecule has 2 aromatic carbocycles. The lowest BCUT2D eigenvalue weighted by atomic mass is 9.92. The molecule has 0 unspecified atom stereocenters. The molecular formula is C19H17F2N5O3. The SMILES string of the molecule is COc1cc(F)c([C@@H]2Cn3nnnc3[C@H]2NC(=O)OCc2ccccc2)c(F)c1. The first-order valence-electron chi connectivity index (χ1n) is 8.83. The summed E-state index contributed by atoms with van der Waals surface area (Å²) in [5, 5.41) is 13.9. The molecule has 1 amide bonds. The van der Waals surface area contributed by atoms with Gasteiger partial charge in [0.05, 0.1) is 13.7 Å². The van der Waals surface area contributed by atoms with E-state index in [2.05, 4.69) is 20.8 Å². The van der Waals surface area contributed by atoms with Crippen LogP contribution in [0.3, 0.4) is 0 Å². The van der Waals surface area contributed by atoms with Crippen molar-refractivity contribution in [2.24, 2.45) is 0 Å². The Kier molecular flexibility index (Phi) is 5.07. The lowest BCUT2D eigenvalue weighted by molar-refractivity contribution is 0.134. The summed E-state index contributed by atoms with van der Waals surface area (Å²) in [6, 6.07) is 10.5. The van der Waals surface area contributed by atoms with Crippen molar-refractivity contribution in [2.45, 2.75) is 25.1 Å². The fourth-order valence-electron chi connectivity index (χ4n) is 3.38. The van der Waals surface area contributed by atoms with E-state index in [0.717, 1.165) is 17.7 Å². The molecule has 0 aliphatic carbocycles. The number of hydrogen-bond acceptors (Lipinski definition) is 6. The summed E-state index contributed by atoms with van der Waals surface area (Å²) in [6.07, 6.45) is -0.741. The molecule has 1 aromatic heterocycles. The Balaban J connectivity index is 1.56. The summed E-state index contributed by atoms with van der Waals surface area (Å²) in [5.74, 6) is -1.99. The summed E-state index contributed by atoms with van der Waals surface area (Å²) in [5.41, 5.74) is 0.620. The number of fused-ring (bicyclic) bond motifs is 1. The van der Waals surface area contributed by atoms with Crippen molar-refractivity contribution >= 4 is 6.09 Å². The topological polar surface area (TPSA) is 91.2 Å². The van der Waals surface area contributed by atoms with Gasteiger partial charge in [-0.3, -0.25) is 0 Å². The fourth-order valence-corrected chi connectivity index (χ4v) is 3.38. The zero-order valence-electron chi connectivity index (χ0n) is 15.4. The van der Waals surface area contributed by atoms with E-state index in [1.54, 1.807) is 0 Å². The van der Waals surface area contributed by atoms with E-state index in [4.69, 9.17) is 9.47 Å². The first kappa shape index (κ1) is 18.8. The van der Waals surface area contributed by atoms with Crippen LogP contribution >= 0.6 is 0 Å². The predicted molar refractivity (Wildman–Crippen MR) is 96.0 cm³/mol. The van der Waals surface area contributed by atoms with Gasteiger partial charge >= 0.3 is 6.09 Å². The monoisotopic (exact) mass is 401 g/mol. The van der Waals surface area contributed by atoms with Crippen LogP contribution in [0.15, 0.2) is 42.5 Å². The second kappa shape index (κ2) is 7.82. The van der Waals surface area contributed by atoms with Crippen LogP contribution < -0.4 is 10.1 Å². The highest BCUT2D eigenvalue weighted by atomic mass is 19.1. The van der Waals surface area contributed by atoms with Crippen LogP contribution in [0.4, 0.5) is 13.6 Å². The zero-order valence-corrected chi connectivity index (χ0v) is 15.4. The number of halogens is 2. The van der Waals surface area contributed by atoms with Crippen LogP contribution in [0.1, 0.15) is 28.9 Å². The number of alkyl carbamates (subject to hydrolysis) is 1. The van der Waals surface area contributed by atoms with E-state index < -0.39 is 29.7 Å². The summed E-state index contributed by atoms with van der Waals surface area (Å²) in [4.78, 5) is 12.3. The Hall–Kier alpha value is -3.56. The number of aromatic nitrogens is 4. The quantitative estimate of drug-likeness (QED) is 0.707. The Morgan fingerprint density at radius 3 is 2.66 bits per heavy atom. The standard InChI is InChI=1S/C19H17F2N5O3/c1-28-12-7-14(20)16(15(21)8-12)13-9-26-18(23-24-25-26)17(13)22-19(27)29-10-11-5-3-2-4-6-11/h2-8,13,17H,9-10H2,1H3,(H,22,27)/t13-,17-/m0/s1. The van der Waals surface area contributed by atoms with Gasteiger partial charge in [-0.25, -0.2) is 18.3 Å². The molecule has 0 saturated carbocycles. The summed E-state index contributed by atoms with van der Waals surface area (Å²) < 4.78 is 40.8. The fraction of sp³-hybridized carbons (Fsp3) is 0.263. The van der Waals surface area contributed by atoms with E-state index in [9.17, 15) is 13.6 Å². The third-order valence-corrected chi connectivity index (χ3v) is 4.75. The van der Waals surface area contributed by atoms with Crippen molar-refractivity contribution in [3.63, 3.8) is 0 Å². The van der Waals surface area contributed by atoms with E-state index in [1.807, 2.05) is 30.3 Å². The van der Waals surface area contributed by atoms with Gasteiger partial charge in [-0.2, -0.15) is 0 Å². The molecular weight excluding hydrogens is 384 g/mol. The number of tetrazole rings is 1. The van der Waals surface area contributed by atoms with E-state index in [1.165, 1.54) is 11.8 Å². The number of ether oxygens (including phenoxy) is 2. The molecule has 10 heteroatoms. The second-order valence-electron chi connectivity index (χ2n) is 6.51. The van der Waals surface area contributed by atoms with Crippen molar-refractivity contribution in [1.29, 1.82) is 0 Å². The Labute approximate surface area is 164 Å². The van der Waals surface area contributed by atoms with Gasteiger partial charge in [0.15, 0.2) is 5.82 Å². The molecule has 4 rings (SSSR count). The van der Waals surface area contributed by atoms with E-state index in [0.29, 0.717) is 5.82 Å². The number of nitrogens with zero attached hydrogens (tertiary/aromatic N) is 4. The first-order chi connectivity index (χ1) is 14.1. The zero-order chi connectivity index (χ0) is 20.4. The maximum atomic E-state index is 14.6. The Morgan fingerprint density at radius 2 is 1.97 bits per heavy atom. The van der Waals surface area contributed by atoms with Crippen LogP contribution in [-0.4, -0.2) is 33.4 Å². The minimum Gasteiger partial charge on any atom is -0.497 e. The molecule has 2 heterocycles. The predicted octanol–water partition coefficient (Wildman–Crippen LogP) is 2.72. The van der Waals surface area contributed by atoms with Crippen LogP contribution in [0.2, 0.25) is 0 Å². The number of methoxy groups -OCH3 is 1. The van der Waals surface area contributed by atoms with Crippen LogP contribution in [0.5, 0.6) is 5.75 Å². The maximum absolute atomic E-state index is 14.6. The molecule has 1 aliphatic rings. The van der Waals surface area contributed by atoms with Crippen LogP contribution in [0, 0.1) is 11.6 Å². The minimum absolute atomic E-state index is 0.0558. The second-order valence-corrected chi connectivity index (χ2v) is 6.51. The smallest absolute Gasteiger partial charge is 0.408 e. The molecule has 0 saturated heterocycles. The number of amides is 1. The molecule has 29 heavy (non-hydrogen) atoms. The van der Waals surface area contributed by atoms with Gasteiger partial charge in [0.1, 0.15) is 30.0 Å². The minimum atomic E-state index is -0.856. The number of carbonyl (C=O) groups excluding carboxylic acids is 1. The molecule has 8 nitrogen and oxygen atoms in total. The van der Waals surface area contributed by atoms with Gasteiger partial charge in [0.25, 0.3) is 0 Å². The molecule has 0 fully saturated rings. The van der Waals surface area contributed by atoms with Crippen molar-refractivity contribution in [2.75, 3.05) is 7.11 Å². The third kappa shape index (κ3) is 3.73. The average Bonchev–Trinajstić information content (AvgIpc) is 3.29. The lowest BCUT2D eigenvalue weighted by Crippen LogP contribution is -2.32.